The van der Waals surface area contributed by atoms with Crippen LogP contribution < -0.4 is 16.0 Å². The highest BCUT2D eigenvalue weighted by Gasteiger charge is 2.20. The Kier molecular flexibility index (Phi) is 5.75. The molecule has 2 aromatic carbocycles. The van der Waals surface area contributed by atoms with E-state index in [1.54, 1.807) is 24.3 Å². The van der Waals surface area contributed by atoms with Crippen LogP contribution >= 0.6 is 11.6 Å². The zero-order chi connectivity index (χ0) is 18.5. The van der Waals surface area contributed by atoms with Gasteiger partial charge in [-0.05, 0) is 30.3 Å². The summed E-state index contributed by atoms with van der Waals surface area (Å²) in [6, 6.07) is 14.5. The maximum absolute atomic E-state index is 12.3. The molecule has 1 saturated heterocycles. The summed E-state index contributed by atoms with van der Waals surface area (Å²) in [5.74, 6) is -0.717. The van der Waals surface area contributed by atoms with Gasteiger partial charge in [-0.25, -0.2) is 0 Å². The van der Waals surface area contributed by atoms with Crippen LogP contribution in [0.2, 0.25) is 5.02 Å². The third kappa shape index (κ3) is 4.53. The molecule has 0 saturated carbocycles. The van der Waals surface area contributed by atoms with E-state index in [0.29, 0.717) is 11.3 Å². The van der Waals surface area contributed by atoms with Gasteiger partial charge in [-0.2, -0.15) is 0 Å². The summed E-state index contributed by atoms with van der Waals surface area (Å²) < 4.78 is 0. The van der Waals surface area contributed by atoms with E-state index in [4.69, 9.17) is 17.3 Å². The van der Waals surface area contributed by atoms with Gasteiger partial charge in [0.25, 0.3) is 5.91 Å². The molecule has 0 unspecified atom stereocenters. The van der Waals surface area contributed by atoms with Gasteiger partial charge < -0.3 is 16.0 Å². The Morgan fingerprint density at radius 3 is 2.46 bits per heavy atom. The number of carbonyl (C=O) groups excluding carboxylic acids is 2. The zero-order valence-corrected chi connectivity index (χ0v) is 15.1. The van der Waals surface area contributed by atoms with Crippen molar-refractivity contribution >= 4 is 34.8 Å². The topological polar surface area (TPSA) is 78.7 Å². The summed E-state index contributed by atoms with van der Waals surface area (Å²) in [5.41, 5.74) is 7.19. The fourth-order valence-corrected chi connectivity index (χ4v) is 3.22. The second kappa shape index (κ2) is 8.21. The Bertz CT molecular complexity index is 804. The van der Waals surface area contributed by atoms with Crippen LogP contribution in [0.3, 0.4) is 0 Å². The summed E-state index contributed by atoms with van der Waals surface area (Å²) in [6.07, 6.45) is 0. The number of anilines is 2. The lowest BCUT2D eigenvalue weighted by Gasteiger charge is -2.35. The zero-order valence-electron chi connectivity index (χ0n) is 14.3. The highest BCUT2D eigenvalue weighted by molar-refractivity contribution is 6.30. The SMILES string of the molecule is NC(=O)c1ccccc1NC(=O)CN1CCN(c2cccc(Cl)c2)CC1. The van der Waals surface area contributed by atoms with Crippen molar-refractivity contribution in [2.75, 3.05) is 42.9 Å². The number of nitrogens with two attached hydrogens (primary N) is 1. The standard InChI is InChI=1S/C19H21ClN4O2/c20-14-4-3-5-15(12-14)24-10-8-23(9-11-24)13-18(25)22-17-7-2-1-6-16(17)19(21)26/h1-7,12H,8-11,13H2,(H2,21,26)(H,22,25). The predicted molar refractivity (Wildman–Crippen MR) is 104 cm³/mol. The number of hydrogen-bond acceptors (Lipinski definition) is 4. The van der Waals surface area contributed by atoms with Gasteiger partial charge in [0.05, 0.1) is 17.8 Å². The molecule has 0 spiro atoms. The number of hydrogen-bond donors (Lipinski definition) is 2. The molecule has 26 heavy (non-hydrogen) atoms. The van der Waals surface area contributed by atoms with E-state index in [1.165, 1.54) is 0 Å². The lowest BCUT2D eigenvalue weighted by atomic mass is 10.1. The number of nitrogens with zero attached hydrogens (tertiary/aromatic N) is 2. The number of primary amides is 1. The molecule has 1 fully saturated rings. The van der Waals surface area contributed by atoms with Gasteiger partial charge in [-0.3, -0.25) is 14.5 Å². The minimum absolute atomic E-state index is 0.157. The highest BCUT2D eigenvalue weighted by Crippen LogP contribution is 2.21. The average Bonchev–Trinajstić information content (AvgIpc) is 2.62. The normalized spacial score (nSPS) is 14.9. The van der Waals surface area contributed by atoms with Crippen LogP contribution in [0.5, 0.6) is 0 Å². The number of amides is 2. The minimum Gasteiger partial charge on any atom is -0.369 e. The molecule has 2 amide bonds. The molecular formula is C19H21ClN4O2. The van der Waals surface area contributed by atoms with Crippen LogP contribution in [0.15, 0.2) is 48.5 Å². The van der Waals surface area contributed by atoms with Crippen molar-refractivity contribution in [3.63, 3.8) is 0 Å². The van der Waals surface area contributed by atoms with E-state index in [2.05, 4.69) is 15.1 Å². The molecular weight excluding hydrogens is 352 g/mol. The second-order valence-electron chi connectivity index (χ2n) is 6.20. The Morgan fingerprint density at radius 1 is 1.04 bits per heavy atom. The van der Waals surface area contributed by atoms with Crippen LogP contribution in [0, 0.1) is 0 Å². The van der Waals surface area contributed by atoms with Gasteiger partial charge in [-0.15, -0.1) is 0 Å². The summed E-state index contributed by atoms with van der Waals surface area (Å²) in [4.78, 5) is 28.1. The average molecular weight is 373 g/mol. The first kappa shape index (κ1) is 18.2. The van der Waals surface area contributed by atoms with Gasteiger partial charge in [0.2, 0.25) is 5.91 Å². The van der Waals surface area contributed by atoms with E-state index < -0.39 is 5.91 Å². The molecule has 3 N–H and O–H groups in total. The fraction of sp³-hybridized carbons (Fsp3) is 0.263. The molecule has 6 nitrogen and oxygen atoms in total. The first-order valence-corrected chi connectivity index (χ1v) is 8.82. The molecule has 0 aromatic heterocycles. The second-order valence-corrected chi connectivity index (χ2v) is 6.64. The van der Waals surface area contributed by atoms with Gasteiger partial charge in [0, 0.05) is 36.9 Å². The monoisotopic (exact) mass is 372 g/mol. The van der Waals surface area contributed by atoms with Crippen LogP contribution in [-0.2, 0) is 4.79 Å². The Morgan fingerprint density at radius 2 is 1.77 bits per heavy atom. The van der Waals surface area contributed by atoms with E-state index in [9.17, 15) is 9.59 Å². The number of rotatable bonds is 5. The third-order valence-corrected chi connectivity index (χ3v) is 4.61. The molecule has 0 atom stereocenters. The number of carbonyl (C=O) groups is 2. The largest absolute Gasteiger partial charge is 0.369 e. The molecule has 0 aliphatic carbocycles. The quantitative estimate of drug-likeness (QED) is 0.843. The maximum atomic E-state index is 12.3. The number of piperazine rings is 1. The number of para-hydroxylation sites is 1. The Labute approximate surface area is 157 Å². The maximum Gasteiger partial charge on any atom is 0.250 e. The molecule has 3 rings (SSSR count). The first-order valence-electron chi connectivity index (χ1n) is 8.44. The summed E-state index contributed by atoms with van der Waals surface area (Å²) in [5, 5.41) is 3.50. The predicted octanol–water partition coefficient (Wildman–Crippen LogP) is 2.20. The van der Waals surface area contributed by atoms with Gasteiger partial charge in [-0.1, -0.05) is 29.8 Å². The molecule has 0 radical (unpaired) electrons. The van der Waals surface area contributed by atoms with Crippen LogP contribution in [-0.4, -0.2) is 49.4 Å². The van der Waals surface area contributed by atoms with E-state index in [-0.39, 0.29) is 12.5 Å². The van der Waals surface area contributed by atoms with Gasteiger partial charge >= 0.3 is 0 Å². The van der Waals surface area contributed by atoms with E-state index in [1.807, 2.05) is 24.3 Å². The summed E-state index contributed by atoms with van der Waals surface area (Å²) >= 11 is 6.05. The molecule has 2 aromatic rings. The van der Waals surface area contributed by atoms with Crippen LogP contribution in [0.1, 0.15) is 10.4 Å². The molecule has 0 bridgehead atoms. The van der Waals surface area contributed by atoms with Crippen molar-refractivity contribution in [2.45, 2.75) is 0 Å². The van der Waals surface area contributed by atoms with Crippen molar-refractivity contribution in [3.8, 4) is 0 Å². The van der Waals surface area contributed by atoms with Crippen molar-refractivity contribution < 1.29 is 9.59 Å². The lowest BCUT2D eigenvalue weighted by molar-refractivity contribution is -0.117. The Hall–Kier alpha value is -2.57. The molecule has 7 heteroatoms. The van der Waals surface area contributed by atoms with Gasteiger partial charge in [0.15, 0.2) is 0 Å². The highest BCUT2D eigenvalue weighted by atomic mass is 35.5. The van der Waals surface area contributed by atoms with Crippen molar-refractivity contribution in [3.05, 3.63) is 59.1 Å². The minimum atomic E-state index is -0.559. The van der Waals surface area contributed by atoms with Crippen LogP contribution in [0.4, 0.5) is 11.4 Å². The molecule has 136 valence electrons. The summed E-state index contributed by atoms with van der Waals surface area (Å²) in [6.45, 7) is 3.47. The van der Waals surface area contributed by atoms with Crippen LogP contribution in [0.25, 0.3) is 0 Å². The van der Waals surface area contributed by atoms with E-state index in [0.717, 1.165) is 36.9 Å². The number of nitrogens with one attached hydrogen (secondary N) is 1. The number of halogens is 1. The Balaban J connectivity index is 1.53. The smallest absolute Gasteiger partial charge is 0.250 e. The first-order chi connectivity index (χ1) is 12.5. The lowest BCUT2D eigenvalue weighted by Crippen LogP contribution is -2.48. The molecule has 1 aliphatic heterocycles. The molecule has 1 aliphatic rings. The number of benzene rings is 2. The van der Waals surface area contributed by atoms with Crippen molar-refractivity contribution in [1.29, 1.82) is 0 Å². The van der Waals surface area contributed by atoms with Crippen molar-refractivity contribution in [1.82, 2.24) is 4.90 Å². The van der Waals surface area contributed by atoms with Crippen molar-refractivity contribution in [2.24, 2.45) is 5.73 Å². The third-order valence-electron chi connectivity index (χ3n) is 4.38. The van der Waals surface area contributed by atoms with Gasteiger partial charge in [0.1, 0.15) is 0 Å². The summed E-state index contributed by atoms with van der Waals surface area (Å²) in [7, 11) is 0. The molecule has 1 heterocycles. The fourth-order valence-electron chi connectivity index (χ4n) is 3.04. The van der Waals surface area contributed by atoms with E-state index >= 15 is 0 Å².